The second-order valence-corrected chi connectivity index (χ2v) is 6.25. The van der Waals surface area contributed by atoms with E-state index in [1.54, 1.807) is 0 Å². The van der Waals surface area contributed by atoms with Gasteiger partial charge in [-0.1, -0.05) is 33.1 Å². The molecule has 0 aromatic heterocycles. The van der Waals surface area contributed by atoms with Crippen molar-refractivity contribution in [2.45, 2.75) is 64.8 Å². The quantitative estimate of drug-likeness (QED) is 0.528. The average Bonchev–Trinajstić information content (AvgIpc) is 2.33. The standard InChI is InChI=1S/C14H31NOS/c1-4-6-8-11-17-12-9-7-10-14(3,13-16)15-5-2/h15-16H,4-13H2,1-3H3. The van der Waals surface area contributed by atoms with Crippen LogP contribution in [-0.2, 0) is 0 Å². The Morgan fingerprint density at radius 1 is 1.06 bits per heavy atom. The van der Waals surface area contributed by atoms with Crippen molar-refractivity contribution in [2.75, 3.05) is 24.7 Å². The second-order valence-electron chi connectivity index (χ2n) is 5.03. The van der Waals surface area contributed by atoms with Crippen LogP contribution in [0.2, 0.25) is 0 Å². The number of thioether (sulfide) groups is 1. The molecule has 0 bridgehead atoms. The maximum Gasteiger partial charge on any atom is 0.0610 e. The van der Waals surface area contributed by atoms with Gasteiger partial charge in [-0.05, 0) is 44.2 Å². The molecule has 17 heavy (non-hydrogen) atoms. The molecule has 2 nitrogen and oxygen atoms in total. The molecule has 0 saturated heterocycles. The Morgan fingerprint density at radius 3 is 2.24 bits per heavy atom. The Morgan fingerprint density at radius 2 is 1.71 bits per heavy atom. The molecule has 0 heterocycles. The van der Waals surface area contributed by atoms with Crippen LogP contribution in [0.25, 0.3) is 0 Å². The minimum atomic E-state index is -0.0678. The molecular weight excluding hydrogens is 230 g/mol. The number of unbranched alkanes of at least 4 members (excludes halogenated alkanes) is 3. The SMILES string of the molecule is CCCCCSCCCCC(C)(CO)NCC. The van der Waals surface area contributed by atoms with E-state index < -0.39 is 0 Å². The first-order chi connectivity index (χ1) is 8.18. The van der Waals surface area contributed by atoms with Crippen molar-refractivity contribution in [3.8, 4) is 0 Å². The van der Waals surface area contributed by atoms with Gasteiger partial charge in [0, 0.05) is 5.54 Å². The molecule has 1 unspecified atom stereocenters. The molecule has 0 saturated carbocycles. The Bertz CT molecular complexity index is 166. The highest BCUT2D eigenvalue weighted by molar-refractivity contribution is 7.99. The molecule has 0 aromatic rings. The van der Waals surface area contributed by atoms with Gasteiger partial charge >= 0.3 is 0 Å². The van der Waals surface area contributed by atoms with Crippen LogP contribution in [0.5, 0.6) is 0 Å². The van der Waals surface area contributed by atoms with Crippen molar-refractivity contribution in [3.63, 3.8) is 0 Å². The van der Waals surface area contributed by atoms with Gasteiger partial charge in [0.25, 0.3) is 0 Å². The molecule has 104 valence electrons. The predicted molar refractivity (Wildman–Crippen MR) is 79.9 cm³/mol. The first kappa shape index (κ1) is 17.3. The monoisotopic (exact) mass is 261 g/mol. The average molecular weight is 261 g/mol. The van der Waals surface area contributed by atoms with Crippen LogP contribution in [0.15, 0.2) is 0 Å². The normalized spacial score (nSPS) is 14.8. The van der Waals surface area contributed by atoms with E-state index in [0.717, 1.165) is 13.0 Å². The third-order valence-corrected chi connectivity index (χ3v) is 4.27. The summed E-state index contributed by atoms with van der Waals surface area (Å²) in [6.07, 6.45) is 7.62. The van der Waals surface area contributed by atoms with Crippen molar-refractivity contribution in [1.82, 2.24) is 5.32 Å². The largest absolute Gasteiger partial charge is 0.394 e. The van der Waals surface area contributed by atoms with E-state index in [9.17, 15) is 5.11 Å². The topological polar surface area (TPSA) is 32.3 Å². The third kappa shape index (κ3) is 9.93. The highest BCUT2D eigenvalue weighted by atomic mass is 32.2. The molecule has 0 radical (unpaired) electrons. The molecule has 2 N–H and O–H groups in total. The summed E-state index contributed by atoms with van der Waals surface area (Å²) < 4.78 is 0. The van der Waals surface area contributed by atoms with E-state index in [2.05, 4.69) is 37.8 Å². The molecule has 0 aliphatic rings. The first-order valence-electron chi connectivity index (χ1n) is 7.12. The summed E-state index contributed by atoms with van der Waals surface area (Å²) in [5, 5.41) is 12.7. The Kier molecular flexibility index (Phi) is 11.5. The molecule has 0 aliphatic carbocycles. The highest BCUT2D eigenvalue weighted by Crippen LogP contribution is 2.15. The van der Waals surface area contributed by atoms with Crippen LogP contribution in [-0.4, -0.2) is 35.3 Å². The summed E-state index contributed by atoms with van der Waals surface area (Å²) in [5.41, 5.74) is -0.0678. The van der Waals surface area contributed by atoms with Gasteiger partial charge in [0.15, 0.2) is 0 Å². The van der Waals surface area contributed by atoms with E-state index in [-0.39, 0.29) is 12.1 Å². The van der Waals surface area contributed by atoms with Gasteiger partial charge in [-0.2, -0.15) is 11.8 Å². The Hall–Kier alpha value is 0.270. The van der Waals surface area contributed by atoms with Crippen LogP contribution in [0.3, 0.4) is 0 Å². The van der Waals surface area contributed by atoms with Crippen molar-refractivity contribution < 1.29 is 5.11 Å². The molecule has 1 atom stereocenters. The van der Waals surface area contributed by atoms with Crippen LogP contribution in [0.1, 0.15) is 59.3 Å². The van der Waals surface area contributed by atoms with Gasteiger partial charge in [-0.3, -0.25) is 0 Å². The minimum absolute atomic E-state index is 0.0678. The summed E-state index contributed by atoms with van der Waals surface area (Å²) in [6.45, 7) is 7.64. The number of hydrogen-bond acceptors (Lipinski definition) is 3. The highest BCUT2D eigenvalue weighted by Gasteiger charge is 2.20. The van der Waals surface area contributed by atoms with Crippen LogP contribution < -0.4 is 5.32 Å². The first-order valence-corrected chi connectivity index (χ1v) is 8.27. The van der Waals surface area contributed by atoms with Crippen LogP contribution >= 0.6 is 11.8 Å². The smallest absolute Gasteiger partial charge is 0.0610 e. The number of aliphatic hydroxyl groups excluding tert-OH is 1. The van der Waals surface area contributed by atoms with Gasteiger partial charge in [-0.15, -0.1) is 0 Å². The summed E-state index contributed by atoms with van der Waals surface area (Å²) in [5.74, 6) is 2.59. The van der Waals surface area contributed by atoms with Crippen molar-refractivity contribution in [1.29, 1.82) is 0 Å². The van der Waals surface area contributed by atoms with E-state index >= 15 is 0 Å². The summed E-state index contributed by atoms with van der Waals surface area (Å²) in [4.78, 5) is 0. The molecule has 0 amide bonds. The zero-order valence-corrected chi connectivity index (χ0v) is 12.7. The molecular formula is C14H31NOS. The van der Waals surface area contributed by atoms with Gasteiger partial charge < -0.3 is 10.4 Å². The number of nitrogens with one attached hydrogen (secondary N) is 1. The van der Waals surface area contributed by atoms with Gasteiger partial charge in [0.1, 0.15) is 0 Å². The van der Waals surface area contributed by atoms with Gasteiger partial charge in [0.2, 0.25) is 0 Å². The second kappa shape index (κ2) is 11.4. The molecule has 0 aliphatic heterocycles. The number of likely N-dealkylation sites (N-methyl/N-ethyl adjacent to an activating group) is 1. The molecule has 0 rings (SSSR count). The zero-order chi connectivity index (χ0) is 13.0. The van der Waals surface area contributed by atoms with Gasteiger partial charge in [-0.25, -0.2) is 0 Å². The Balaban J connectivity index is 3.37. The van der Waals surface area contributed by atoms with E-state index in [1.807, 2.05) is 0 Å². The number of aliphatic hydroxyl groups is 1. The van der Waals surface area contributed by atoms with Crippen LogP contribution in [0.4, 0.5) is 0 Å². The number of hydrogen-bond donors (Lipinski definition) is 2. The van der Waals surface area contributed by atoms with Crippen molar-refractivity contribution in [3.05, 3.63) is 0 Å². The molecule has 0 fully saturated rings. The molecule has 0 aromatic carbocycles. The maximum absolute atomic E-state index is 9.35. The summed E-state index contributed by atoms with van der Waals surface area (Å²) >= 11 is 2.08. The fourth-order valence-corrected chi connectivity index (χ4v) is 2.95. The Labute approximate surface area is 112 Å². The van der Waals surface area contributed by atoms with E-state index in [1.165, 1.54) is 43.6 Å². The van der Waals surface area contributed by atoms with Crippen LogP contribution in [0, 0.1) is 0 Å². The third-order valence-electron chi connectivity index (χ3n) is 3.11. The van der Waals surface area contributed by atoms with Crippen molar-refractivity contribution in [2.24, 2.45) is 0 Å². The lowest BCUT2D eigenvalue weighted by Gasteiger charge is -2.28. The minimum Gasteiger partial charge on any atom is -0.394 e. The lowest BCUT2D eigenvalue weighted by atomic mass is 9.96. The van der Waals surface area contributed by atoms with Crippen molar-refractivity contribution >= 4 is 11.8 Å². The lowest BCUT2D eigenvalue weighted by Crippen LogP contribution is -2.45. The molecule has 3 heteroatoms. The fraction of sp³-hybridized carbons (Fsp3) is 1.00. The van der Waals surface area contributed by atoms with E-state index in [4.69, 9.17) is 0 Å². The lowest BCUT2D eigenvalue weighted by molar-refractivity contribution is 0.165. The predicted octanol–water partition coefficient (Wildman–Crippen LogP) is 3.44. The zero-order valence-electron chi connectivity index (χ0n) is 11.9. The summed E-state index contributed by atoms with van der Waals surface area (Å²) in [6, 6.07) is 0. The number of rotatable bonds is 12. The maximum atomic E-state index is 9.35. The van der Waals surface area contributed by atoms with E-state index in [0.29, 0.717) is 0 Å². The fourth-order valence-electron chi connectivity index (χ4n) is 1.93. The molecule has 0 spiro atoms. The van der Waals surface area contributed by atoms with Gasteiger partial charge in [0.05, 0.1) is 6.61 Å². The summed E-state index contributed by atoms with van der Waals surface area (Å²) in [7, 11) is 0.